The fourth-order valence-electron chi connectivity index (χ4n) is 3.74. The largest absolute Gasteiger partial charge is 0.428 e. The molecule has 2 aliphatic heterocycles. The van der Waals surface area contributed by atoms with Crippen molar-refractivity contribution in [2.45, 2.75) is 32.4 Å². The Morgan fingerprint density at radius 2 is 2.03 bits per heavy atom. The first-order valence-corrected chi connectivity index (χ1v) is 9.13. The molecule has 2 N–H and O–H groups in total. The second kappa shape index (κ2) is 8.04. The number of fused-ring (bicyclic) bond motifs is 1. The molecular weight excluding hydrogens is 380 g/mol. The molecule has 0 aliphatic carbocycles. The normalized spacial score (nSPS) is 21.2. The average Bonchev–Trinajstić information content (AvgIpc) is 3.01. The number of carbonyl (C=O) groups is 4. The van der Waals surface area contributed by atoms with Crippen LogP contribution in [0.2, 0.25) is 0 Å². The van der Waals surface area contributed by atoms with E-state index in [1.807, 2.05) is 0 Å². The SMILES string of the molecule is CNC(=O)c1cccc(C2=C(C(=O)OCOC(C)=O)N3C(=O)C(C(C)O)C3C2)c1. The maximum Gasteiger partial charge on any atom is 0.358 e. The molecule has 3 rings (SSSR count). The van der Waals surface area contributed by atoms with E-state index in [2.05, 4.69) is 10.1 Å². The summed E-state index contributed by atoms with van der Waals surface area (Å²) in [7, 11) is 1.51. The number of benzene rings is 1. The zero-order valence-electron chi connectivity index (χ0n) is 16.3. The van der Waals surface area contributed by atoms with Crippen molar-refractivity contribution in [2.75, 3.05) is 13.8 Å². The van der Waals surface area contributed by atoms with Crippen molar-refractivity contribution >= 4 is 29.3 Å². The predicted molar refractivity (Wildman–Crippen MR) is 99.9 cm³/mol. The highest BCUT2D eigenvalue weighted by molar-refractivity contribution is 6.07. The highest BCUT2D eigenvalue weighted by Gasteiger charge is 2.57. The molecule has 1 saturated heterocycles. The van der Waals surface area contributed by atoms with Crippen molar-refractivity contribution in [3.05, 3.63) is 41.1 Å². The van der Waals surface area contributed by atoms with E-state index >= 15 is 0 Å². The minimum absolute atomic E-state index is 0.0399. The van der Waals surface area contributed by atoms with Gasteiger partial charge in [0.15, 0.2) is 0 Å². The van der Waals surface area contributed by atoms with Gasteiger partial charge in [0.1, 0.15) is 5.70 Å². The third kappa shape index (κ3) is 3.73. The number of carbonyl (C=O) groups excluding carboxylic acids is 4. The summed E-state index contributed by atoms with van der Waals surface area (Å²) >= 11 is 0. The standard InChI is InChI=1S/C20H22N2O7/c1-10(23)16-15-8-14(12-5-4-6-13(7-12)18(25)21-3)17(22(15)19(16)26)20(27)29-9-28-11(2)24/h4-7,10,15-16,23H,8-9H2,1-3H3,(H,21,25). The van der Waals surface area contributed by atoms with Gasteiger partial charge in [-0.3, -0.25) is 14.4 Å². The second-order valence-corrected chi connectivity index (χ2v) is 6.92. The third-order valence-electron chi connectivity index (χ3n) is 5.07. The van der Waals surface area contributed by atoms with E-state index in [9.17, 15) is 24.3 Å². The van der Waals surface area contributed by atoms with E-state index in [0.717, 1.165) is 0 Å². The van der Waals surface area contributed by atoms with Crippen LogP contribution >= 0.6 is 0 Å². The summed E-state index contributed by atoms with van der Waals surface area (Å²) in [6, 6.07) is 6.29. The molecular formula is C20H22N2O7. The van der Waals surface area contributed by atoms with Crippen LogP contribution in [0.5, 0.6) is 0 Å². The Balaban J connectivity index is 1.97. The number of nitrogens with zero attached hydrogens (tertiary/aromatic N) is 1. The second-order valence-electron chi connectivity index (χ2n) is 6.92. The van der Waals surface area contributed by atoms with Crippen LogP contribution in [0.1, 0.15) is 36.2 Å². The molecule has 3 unspecified atom stereocenters. The lowest BCUT2D eigenvalue weighted by Crippen LogP contribution is -2.61. The van der Waals surface area contributed by atoms with E-state index in [-0.39, 0.29) is 23.6 Å². The predicted octanol–water partition coefficient (Wildman–Crippen LogP) is 0.433. The first-order valence-electron chi connectivity index (χ1n) is 9.13. The van der Waals surface area contributed by atoms with Crippen molar-refractivity contribution in [1.82, 2.24) is 10.2 Å². The van der Waals surface area contributed by atoms with Crippen LogP contribution in [-0.2, 0) is 23.9 Å². The number of amides is 2. The van der Waals surface area contributed by atoms with Crippen LogP contribution in [0.25, 0.3) is 5.57 Å². The first-order chi connectivity index (χ1) is 13.8. The van der Waals surface area contributed by atoms with Gasteiger partial charge in [-0.05, 0) is 36.6 Å². The Kier molecular flexibility index (Phi) is 5.69. The summed E-state index contributed by atoms with van der Waals surface area (Å²) < 4.78 is 9.65. The lowest BCUT2D eigenvalue weighted by atomic mass is 9.82. The molecule has 3 atom stereocenters. The number of rotatable bonds is 6. The number of aliphatic hydroxyl groups is 1. The van der Waals surface area contributed by atoms with Crippen LogP contribution in [-0.4, -0.2) is 59.7 Å². The maximum atomic E-state index is 12.7. The molecule has 0 aromatic heterocycles. The van der Waals surface area contributed by atoms with Crippen LogP contribution in [0, 0.1) is 5.92 Å². The molecule has 1 aromatic rings. The minimum Gasteiger partial charge on any atom is -0.428 e. The summed E-state index contributed by atoms with van der Waals surface area (Å²) in [6.45, 7) is 2.14. The number of aliphatic hydroxyl groups excluding tert-OH is 1. The van der Waals surface area contributed by atoms with E-state index in [1.54, 1.807) is 24.3 Å². The number of hydrogen-bond acceptors (Lipinski definition) is 7. The van der Waals surface area contributed by atoms with Crippen LogP contribution in [0.15, 0.2) is 30.0 Å². The van der Waals surface area contributed by atoms with Crippen molar-refractivity contribution in [1.29, 1.82) is 0 Å². The van der Waals surface area contributed by atoms with Crippen molar-refractivity contribution in [3.8, 4) is 0 Å². The van der Waals surface area contributed by atoms with Gasteiger partial charge in [-0.15, -0.1) is 0 Å². The van der Waals surface area contributed by atoms with E-state index in [0.29, 0.717) is 23.1 Å². The first kappa shape index (κ1) is 20.5. The Hall–Kier alpha value is -3.20. The van der Waals surface area contributed by atoms with Gasteiger partial charge >= 0.3 is 11.9 Å². The van der Waals surface area contributed by atoms with Crippen LogP contribution < -0.4 is 5.32 Å². The topological polar surface area (TPSA) is 122 Å². The lowest BCUT2D eigenvalue weighted by Gasteiger charge is -2.44. The van der Waals surface area contributed by atoms with Gasteiger partial charge in [-0.25, -0.2) is 4.79 Å². The summed E-state index contributed by atoms with van der Waals surface area (Å²) in [4.78, 5) is 49.4. The molecule has 0 saturated carbocycles. The fraction of sp³-hybridized carbons (Fsp3) is 0.400. The highest BCUT2D eigenvalue weighted by Crippen LogP contribution is 2.47. The fourth-order valence-corrected chi connectivity index (χ4v) is 3.74. The molecule has 1 fully saturated rings. The molecule has 9 nitrogen and oxygen atoms in total. The smallest absolute Gasteiger partial charge is 0.358 e. The van der Waals surface area contributed by atoms with Gasteiger partial charge < -0.3 is 24.8 Å². The highest BCUT2D eigenvalue weighted by atomic mass is 16.7. The molecule has 0 bridgehead atoms. The molecule has 2 amide bonds. The summed E-state index contributed by atoms with van der Waals surface area (Å²) in [5, 5.41) is 12.5. The molecule has 0 radical (unpaired) electrons. The van der Waals surface area contributed by atoms with Crippen LogP contribution in [0.4, 0.5) is 0 Å². The molecule has 0 spiro atoms. The van der Waals surface area contributed by atoms with Gasteiger partial charge in [-0.2, -0.15) is 0 Å². The zero-order chi connectivity index (χ0) is 21.3. The van der Waals surface area contributed by atoms with E-state index in [1.165, 1.54) is 25.8 Å². The molecule has 2 heterocycles. The quantitative estimate of drug-likeness (QED) is 0.402. The summed E-state index contributed by atoms with van der Waals surface area (Å²) in [5.74, 6) is -2.70. The molecule has 29 heavy (non-hydrogen) atoms. The summed E-state index contributed by atoms with van der Waals surface area (Å²) in [6.07, 6.45) is -0.533. The zero-order valence-corrected chi connectivity index (χ0v) is 16.3. The molecule has 2 aliphatic rings. The lowest BCUT2D eigenvalue weighted by molar-refractivity contribution is -0.170. The monoisotopic (exact) mass is 402 g/mol. The maximum absolute atomic E-state index is 12.7. The molecule has 154 valence electrons. The average molecular weight is 402 g/mol. The van der Waals surface area contributed by atoms with E-state index < -0.39 is 30.8 Å². The Morgan fingerprint density at radius 1 is 1.31 bits per heavy atom. The van der Waals surface area contributed by atoms with E-state index in [4.69, 9.17) is 4.74 Å². The van der Waals surface area contributed by atoms with Gasteiger partial charge in [0, 0.05) is 19.5 Å². The van der Waals surface area contributed by atoms with Gasteiger partial charge in [-0.1, -0.05) is 12.1 Å². The number of ether oxygens (including phenoxy) is 2. The minimum atomic E-state index is -0.862. The summed E-state index contributed by atoms with van der Waals surface area (Å²) in [5.41, 5.74) is 1.57. The third-order valence-corrected chi connectivity index (χ3v) is 5.07. The number of β-lactam (4-membered cyclic amide) rings is 1. The van der Waals surface area contributed by atoms with Gasteiger partial charge in [0.25, 0.3) is 5.91 Å². The Bertz CT molecular complexity index is 906. The number of esters is 2. The molecule has 9 heteroatoms. The van der Waals surface area contributed by atoms with Crippen LogP contribution in [0.3, 0.4) is 0 Å². The number of nitrogens with one attached hydrogen (secondary N) is 1. The van der Waals surface area contributed by atoms with Crippen molar-refractivity contribution < 1.29 is 33.8 Å². The molecule has 1 aromatic carbocycles. The van der Waals surface area contributed by atoms with Gasteiger partial charge in [0.05, 0.1) is 18.1 Å². The Labute approximate surface area is 167 Å². The Morgan fingerprint density at radius 3 is 2.66 bits per heavy atom. The van der Waals surface area contributed by atoms with Crippen molar-refractivity contribution in [2.24, 2.45) is 5.92 Å². The number of hydrogen-bond donors (Lipinski definition) is 2. The van der Waals surface area contributed by atoms with Crippen molar-refractivity contribution in [3.63, 3.8) is 0 Å². The van der Waals surface area contributed by atoms with Gasteiger partial charge in [0.2, 0.25) is 12.7 Å².